The van der Waals surface area contributed by atoms with Crippen molar-refractivity contribution >= 4 is 0 Å². The lowest BCUT2D eigenvalue weighted by atomic mass is 9.92. The quantitative estimate of drug-likeness (QED) is 0.574. The number of hydrogen-bond acceptors (Lipinski definition) is 4. The van der Waals surface area contributed by atoms with Crippen LogP contribution < -0.4 is 10.6 Å². The Morgan fingerprint density at radius 2 is 2.21 bits per heavy atom. The molecule has 2 saturated heterocycles. The van der Waals surface area contributed by atoms with Crippen molar-refractivity contribution < 1.29 is 9.84 Å². The molecule has 0 aliphatic carbocycles. The lowest BCUT2D eigenvalue weighted by Gasteiger charge is -2.33. The first-order valence-corrected chi connectivity index (χ1v) is 5.53. The van der Waals surface area contributed by atoms with Crippen LogP contribution in [0.2, 0.25) is 0 Å². The van der Waals surface area contributed by atoms with Gasteiger partial charge in [0.2, 0.25) is 0 Å². The molecule has 0 aromatic carbocycles. The zero-order valence-corrected chi connectivity index (χ0v) is 8.59. The number of nitrogens with one attached hydrogen (secondary N) is 2. The van der Waals surface area contributed by atoms with Crippen molar-refractivity contribution in [3.8, 4) is 0 Å². The lowest BCUT2D eigenvalue weighted by molar-refractivity contribution is 0.00857. The minimum atomic E-state index is -0.492. The third kappa shape index (κ3) is 2.67. The van der Waals surface area contributed by atoms with Crippen molar-refractivity contribution in [2.75, 3.05) is 32.8 Å². The van der Waals surface area contributed by atoms with Gasteiger partial charge >= 0.3 is 0 Å². The number of ether oxygens (including phenoxy) is 1. The molecule has 0 amide bonds. The summed E-state index contributed by atoms with van der Waals surface area (Å²) in [6, 6.07) is 0.453. The Morgan fingerprint density at radius 1 is 1.43 bits per heavy atom. The van der Waals surface area contributed by atoms with Gasteiger partial charge in [0.15, 0.2) is 0 Å². The van der Waals surface area contributed by atoms with Gasteiger partial charge in [0, 0.05) is 19.2 Å². The standard InChI is InChI=1S/C10H20N2O2/c13-10(2-4-11-5-3-10)8-12-9-1-6-14-7-9/h9,11-13H,1-8H2. The molecule has 2 aliphatic heterocycles. The predicted octanol–water partition coefficient (Wildman–Crippen LogP) is -0.521. The SMILES string of the molecule is OC1(CNC2CCOC2)CCNCC1. The van der Waals surface area contributed by atoms with E-state index in [0.717, 1.165) is 45.6 Å². The van der Waals surface area contributed by atoms with Gasteiger partial charge in [-0.1, -0.05) is 0 Å². The van der Waals surface area contributed by atoms with Crippen LogP contribution >= 0.6 is 0 Å². The average molecular weight is 200 g/mol. The van der Waals surface area contributed by atoms with E-state index in [1.165, 1.54) is 0 Å². The fraction of sp³-hybridized carbons (Fsp3) is 1.00. The maximum Gasteiger partial charge on any atom is 0.0795 e. The van der Waals surface area contributed by atoms with Gasteiger partial charge in [0.05, 0.1) is 12.2 Å². The highest BCUT2D eigenvalue weighted by Gasteiger charge is 2.30. The van der Waals surface area contributed by atoms with Crippen LogP contribution in [-0.4, -0.2) is 49.6 Å². The van der Waals surface area contributed by atoms with E-state index in [1.807, 2.05) is 0 Å². The van der Waals surface area contributed by atoms with Crippen LogP contribution in [0.1, 0.15) is 19.3 Å². The molecule has 82 valence electrons. The number of hydrogen-bond donors (Lipinski definition) is 3. The molecule has 4 nitrogen and oxygen atoms in total. The van der Waals surface area contributed by atoms with Crippen LogP contribution in [-0.2, 0) is 4.74 Å². The highest BCUT2D eigenvalue weighted by Crippen LogP contribution is 2.17. The maximum absolute atomic E-state index is 10.2. The van der Waals surface area contributed by atoms with E-state index in [9.17, 15) is 5.11 Å². The van der Waals surface area contributed by atoms with Gasteiger partial charge in [0.1, 0.15) is 0 Å². The number of piperidine rings is 1. The van der Waals surface area contributed by atoms with Gasteiger partial charge in [-0.15, -0.1) is 0 Å². The predicted molar refractivity (Wildman–Crippen MR) is 54.3 cm³/mol. The third-order valence-corrected chi connectivity index (χ3v) is 3.18. The smallest absolute Gasteiger partial charge is 0.0795 e. The number of aliphatic hydroxyl groups is 1. The van der Waals surface area contributed by atoms with E-state index in [1.54, 1.807) is 0 Å². The summed E-state index contributed by atoms with van der Waals surface area (Å²) in [5.41, 5.74) is -0.492. The Balaban J connectivity index is 1.72. The molecule has 0 bridgehead atoms. The van der Waals surface area contributed by atoms with E-state index in [4.69, 9.17) is 4.74 Å². The Hall–Kier alpha value is -0.160. The van der Waals surface area contributed by atoms with E-state index < -0.39 is 5.60 Å². The molecule has 0 aromatic heterocycles. The van der Waals surface area contributed by atoms with Gasteiger partial charge in [0.25, 0.3) is 0 Å². The lowest BCUT2D eigenvalue weighted by Crippen LogP contribution is -2.50. The van der Waals surface area contributed by atoms with Gasteiger partial charge in [-0.2, -0.15) is 0 Å². The first kappa shape index (κ1) is 10.4. The van der Waals surface area contributed by atoms with E-state index in [-0.39, 0.29) is 0 Å². The van der Waals surface area contributed by atoms with E-state index >= 15 is 0 Å². The van der Waals surface area contributed by atoms with Crippen molar-refractivity contribution in [2.24, 2.45) is 0 Å². The molecule has 0 aromatic rings. The highest BCUT2D eigenvalue weighted by molar-refractivity contribution is 4.87. The van der Waals surface area contributed by atoms with Crippen molar-refractivity contribution in [1.82, 2.24) is 10.6 Å². The summed E-state index contributed by atoms with van der Waals surface area (Å²) in [6.45, 7) is 4.23. The molecule has 0 saturated carbocycles. The Kier molecular flexibility index (Phi) is 3.38. The maximum atomic E-state index is 10.2. The second-order valence-electron chi connectivity index (χ2n) is 4.42. The molecule has 1 unspecified atom stereocenters. The first-order chi connectivity index (χ1) is 6.79. The van der Waals surface area contributed by atoms with Crippen LogP contribution in [0, 0.1) is 0 Å². The van der Waals surface area contributed by atoms with E-state index in [0.29, 0.717) is 12.6 Å². The van der Waals surface area contributed by atoms with Gasteiger partial charge in [-0.3, -0.25) is 0 Å². The van der Waals surface area contributed by atoms with Crippen LogP contribution in [0.3, 0.4) is 0 Å². The zero-order chi connectivity index (χ0) is 9.86. The summed E-state index contributed by atoms with van der Waals surface area (Å²) >= 11 is 0. The summed E-state index contributed by atoms with van der Waals surface area (Å²) in [7, 11) is 0. The molecule has 2 aliphatic rings. The summed E-state index contributed by atoms with van der Waals surface area (Å²) in [4.78, 5) is 0. The van der Waals surface area contributed by atoms with Crippen molar-refractivity contribution in [1.29, 1.82) is 0 Å². The second kappa shape index (κ2) is 4.57. The normalized spacial score (nSPS) is 31.9. The number of rotatable bonds is 3. The molecule has 3 N–H and O–H groups in total. The van der Waals surface area contributed by atoms with Gasteiger partial charge < -0.3 is 20.5 Å². The van der Waals surface area contributed by atoms with Crippen LogP contribution in [0.25, 0.3) is 0 Å². The molecule has 0 spiro atoms. The Labute approximate surface area is 85.0 Å². The van der Waals surface area contributed by atoms with Crippen LogP contribution in [0.15, 0.2) is 0 Å². The topological polar surface area (TPSA) is 53.5 Å². The fourth-order valence-electron chi connectivity index (χ4n) is 2.10. The highest BCUT2D eigenvalue weighted by atomic mass is 16.5. The molecule has 0 radical (unpaired) electrons. The molecular formula is C10H20N2O2. The first-order valence-electron chi connectivity index (χ1n) is 5.53. The molecule has 2 rings (SSSR count). The minimum absolute atomic E-state index is 0.453. The Bertz CT molecular complexity index is 175. The van der Waals surface area contributed by atoms with Crippen molar-refractivity contribution in [2.45, 2.75) is 30.9 Å². The van der Waals surface area contributed by atoms with Crippen LogP contribution in [0.5, 0.6) is 0 Å². The molecule has 1 atom stereocenters. The summed E-state index contributed by atoms with van der Waals surface area (Å²) < 4.78 is 5.27. The minimum Gasteiger partial charge on any atom is -0.388 e. The Morgan fingerprint density at radius 3 is 2.86 bits per heavy atom. The second-order valence-corrected chi connectivity index (χ2v) is 4.42. The van der Waals surface area contributed by atoms with E-state index in [2.05, 4.69) is 10.6 Å². The van der Waals surface area contributed by atoms with Gasteiger partial charge in [-0.05, 0) is 32.4 Å². The zero-order valence-electron chi connectivity index (χ0n) is 8.59. The van der Waals surface area contributed by atoms with Crippen LogP contribution in [0.4, 0.5) is 0 Å². The summed E-state index contributed by atoms with van der Waals surface area (Å²) in [5, 5.41) is 16.8. The molecule has 2 heterocycles. The third-order valence-electron chi connectivity index (χ3n) is 3.18. The fourth-order valence-corrected chi connectivity index (χ4v) is 2.10. The summed E-state index contributed by atoms with van der Waals surface area (Å²) in [6.07, 6.45) is 2.79. The molecule has 14 heavy (non-hydrogen) atoms. The molecule has 4 heteroatoms. The van der Waals surface area contributed by atoms with Crippen molar-refractivity contribution in [3.05, 3.63) is 0 Å². The summed E-state index contributed by atoms with van der Waals surface area (Å²) in [5.74, 6) is 0. The average Bonchev–Trinajstić information content (AvgIpc) is 2.69. The monoisotopic (exact) mass is 200 g/mol. The largest absolute Gasteiger partial charge is 0.388 e. The molecule has 2 fully saturated rings. The molecular weight excluding hydrogens is 180 g/mol. The van der Waals surface area contributed by atoms with Gasteiger partial charge in [-0.25, -0.2) is 0 Å². The van der Waals surface area contributed by atoms with Crippen molar-refractivity contribution in [3.63, 3.8) is 0 Å².